The molecule has 0 saturated carbocycles. The van der Waals surface area contributed by atoms with Crippen molar-refractivity contribution in [1.29, 1.82) is 0 Å². The number of rotatable bonds is 6. The van der Waals surface area contributed by atoms with Crippen LogP contribution in [0.5, 0.6) is 0 Å². The Balaban J connectivity index is 2.06. The molecule has 0 unspecified atom stereocenters. The number of hydrogen-bond donors (Lipinski definition) is 0. The third-order valence-electron chi connectivity index (χ3n) is 2.64. The van der Waals surface area contributed by atoms with Gasteiger partial charge in [0.15, 0.2) is 0 Å². The summed E-state index contributed by atoms with van der Waals surface area (Å²) in [5, 5.41) is 0. The van der Waals surface area contributed by atoms with E-state index in [1.807, 2.05) is 6.92 Å². The zero-order valence-electron chi connectivity index (χ0n) is 9.09. The van der Waals surface area contributed by atoms with Crippen molar-refractivity contribution in [2.75, 3.05) is 0 Å². The fourth-order valence-corrected chi connectivity index (χ4v) is 1.68. The van der Waals surface area contributed by atoms with Gasteiger partial charge in [0.1, 0.15) is 5.78 Å². The molecule has 0 aliphatic heterocycles. The zero-order chi connectivity index (χ0) is 10.2. The summed E-state index contributed by atoms with van der Waals surface area (Å²) in [5.41, 5.74) is 1.46. The van der Waals surface area contributed by atoms with Gasteiger partial charge in [0.05, 0.1) is 0 Å². The SMILES string of the molecule is CCC(=O)CCCCC1=CCCC=C1. The van der Waals surface area contributed by atoms with E-state index in [0.717, 1.165) is 25.7 Å². The molecule has 0 aromatic rings. The lowest BCUT2D eigenvalue weighted by Crippen LogP contribution is -1.94. The molecule has 1 nitrogen and oxygen atoms in total. The monoisotopic (exact) mass is 192 g/mol. The number of carbonyl (C=O) groups excluding carboxylic acids is 1. The first kappa shape index (κ1) is 11.2. The van der Waals surface area contributed by atoms with Gasteiger partial charge in [-0.05, 0) is 32.1 Å². The van der Waals surface area contributed by atoms with Crippen LogP contribution in [0.15, 0.2) is 23.8 Å². The Morgan fingerprint density at radius 1 is 1.36 bits per heavy atom. The van der Waals surface area contributed by atoms with Crippen LogP contribution in [-0.4, -0.2) is 5.78 Å². The second-order valence-corrected chi connectivity index (χ2v) is 3.86. The summed E-state index contributed by atoms with van der Waals surface area (Å²) >= 11 is 0. The molecule has 0 N–H and O–H groups in total. The van der Waals surface area contributed by atoms with E-state index < -0.39 is 0 Å². The maximum absolute atomic E-state index is 11.0. The smallest absolute Gasteiger partial charge is 0.132 e. The van der Waals surface area contributed by atoms with Crippen LogP contribution >= 0.6 is 0 Å². The summed E-state index contributed by atoms with van der Waals surface area (Å²) in [5.74, 6) is 0.401. The van der Waals surface area contributed by atoms with E-state index in [4.69, 9.17) is 0 Å². The molecule has 0 spiro atoms. The van der Waals surface area contributed by atoms with Gasteiger partial charge in [-0.25, -0.2) is 0 Å². The molecule has 14 heavy (non-hydrogen) atoms. The summed E-state index contributed by atoms with van der Waals surface area (Å²) in [6.45, 7) is 1.94. The van der Waals surface area contributed by atoms with Crippen molar-refractivity contribution >= 4 is 5.78 Å². The fourth-order valence-electron chi connectivity index (χ4n) is 1.68. The molecule has 0 aromatic heterocycles. The van der Waals surface area contributed by atoms with E-state index in [2.05, 4.69) is 18.2 Å². The largest absolute Gasteiger partial charge is 0.300 e. The number of Topliss-reactive ketones (excluding diaryl/α,β-unsaturated/α-hetero) is 1. The molecule has 0 heterocycles. The molecule has 0 bridgehead atoms. The van der Waals surface area contributed by atoms with Crippen molar-refractivity contribution in [3.8, 4) is 0 Å². The Bertz CT molecular complexity index is 236. The molecule has 0 amide bonds. The second kappa shape index (κ2) is 6.58. The normalized spacial score (nSPS) is 15.4. The maximum atomic E-state index is 11.0. The number of carbonyl (C=O) groups is 1. The first-order valence-electron chi connectivity index (χ1n) is 5.70. The van der Waals surface area contributed by atoms with Gasteiger partial charge in [0.2, 0.25) is 0 Å². The Morgan fingerprint density at radius 3 is 2.86 bits per heavy atom. The van der Waals surface area contributed by atoms with E-state index in [-0.39, 0.29) is 0 Å². The lowest BCUT2D eigenvalue weighted by atomic mass is 10.0. The van der Waals surface area contributed by atoms with Gasteiger partial charge in [-0.2, -0.15) is 0 Å². The molecule has 0 radical (unpaired) electrons. The van der Waals surface area contributed by atoms with Crippen LogP contribution in [0.2, 0.25) is 0 Å². The molecule has 0 fully saturated rings. The minimum atomic E-state index is 0.401. The molecule has 1 heteroatoms. The van der Waals surface area contributed by atoms with Gasteiger partial charge in [-0.3, -0.25) is 4.79 Å². The maximum Gasteiger partial charge on any atom is 0.132 e. The average Bonchev–Trinajstić information content (AvgIpc) is 2.25. The summed E-state index contributed by atoms with van der Waals surface area (Å²) in [6.07, 6.45) is 14.0. The standard InChI is InChI=1S/C13H20O/c1-2-13(14)11-7-6-10-12-8-4-3-5-9-12/h4,8-9H,2-3,5-7,10-11H2,1H3. The van der Waals surface area contributed by atoms with E-state index in [9.17, 15) is 4.79 Å². The second-order valence-electron chi connectivity index (χ2n) is 3.86. The topological polar surface area (TPSA) is 17.1 Å². The summed E-state index contributed by atoms with van der Waals surface area (Å²) < 4.78 is 0. The number of hydrogen-bond acceptors (Lipinski definition) is 1. The Labute approximate surface area is 86.9 Å². The van der Waals surface area contributed by atoms with Crippen molar-refractivity contribution < 1.29 is 4.79 Å². The summed E-state index contributed by atoms with van der Waals surface area (Å²) in [7, 11) is 0. The molecule has 0 atom stereocenters. The third kappa shape index (κ3) is 4.40. The molecule has 1 rings (SSSR count). The van der Waals surface area contributed by atoms with Crippen LogP contribution in [0.1, 0.15) is 51.9 Å². The van der Waals surface area contributed by atoms with E-state index in [1.165, 1.54) is 18.4 Å². The lowest BCUT2D eigenvalue weighted by Gasteiger charge is -2.05. The van der Waals surface area contributed by atoms with Crippen LogP contribution in [0.4, 0.5) is 0 Å². The highest BCUT2D eigenvalue weighted by molar-refractivity contribution is 5.77. The summed E-state index contributed by atoms with van der Waals surface area (Å²) in [4.78, 5) is 11.0. The number of allylic oxidation sites excluding steroid dienone is 4. The van der Waals surface area contributed by atoms with Crippen molar-refractivity contribution in [3.63, 3.8) is 0 Å². The van der Waals surface area contributed by atoms with Crippen molar-refractivity contribution in [2.24, 2.45) is 0 Å². The van der Waals surface area contributed by atoms with Gasteiger partial charge >= 0.3 is 0 Å². The molecular weight excluding hydrogens is 172 g/mol. The van der Waals surface area contributed by atoms with E-state index in [0.29, 0.717) is 12.2 Å². The highest BCUT2D eigenvalue weighted by Gasteiger charge is 2.00. The van der Waals surface area contributed by atoms with Gasteiger partial charge < -0.3 is 0 Å². The van der Waals surface area contributed by atoms with Crippen LogP contribution < -0.4 is 0 Å². The molecule has 1 aliphatic carbocycles. The Kier molecular flexibility index (Phi) is 5.28. The first-order valence-corrected chi connectivity index (χ1v) is 5.70. The van der Waals surface area contributed by atoms with Crippen molar-refractivity contribution in [2.45, 2.75) is 51.9 Å². The van der Waals surface area contributed by atoms with Crippen molar-refractivity contribution in [3.05, 3.63) is 23.8 Å². The van der Waals surface area contributed by atoms with Gasteiger partial charge in [-0.15, -0.1) is 0 Å². The Hall–Kier alpha value is -0.850. The first-order chi connectivity index (χ1) is 6.83. The fraction of sp³-hybridized carbons (Fsp3) is 0.615. The highest BCUT2D eigenvalue weighted by atomic mass is 16.1. The quantitative estimate of drug-likeness (QED) is 0.585. The average molecular weight is 192 g/mol. The van der Waals surface area contributed by atoms with Gasteiger partial charge in [-0.1, -0.05) is 30.7 Å². The van der Waals surface area contributed by atoms with E-state index in [1.54, 1.807) is 0 Å². The number of unbranched alkanes of at least 4 members (excludes halogenated alkanes) is 1. The predicted octanol–water partition coefficient (Wildman–Crippen LogP) is 3.80. The molecule has 78 valence electrons. The zero-order valence-corrected chi connectivity index (χ0v) is 9.09. The van der Waals surface area contributed by atoms with Gasteiger partial charge in [0, 0.05) is 12.8 Å². The molecule has 1 aliphatic rings. The van der Waals surface area contributed by atoms with Crippen molar-refractivity contribution in [1.82, 2.24) is 0 Å². The number of ketones is 1. The summed E-state index contributed by atoms with van der Waals surface area (Å²) in [6, 6.07) is 0. The van der Waals surface area contributed by atoms with Crippen LogP contribution in [0.25, 0.3) is 0 Å². The highest BCUT2D eigenvalue weighted by Crippen LogP contribution is 2.16. The molecule has 0 aromatic carbocycles. The Morgan fingerprint density at radius 2 is 2.21 bits per heavy atom. The van der Waals surface area contributed by atoms with E-state index >= 15 is 0 Å². The van der Waals surface area contributed by atoms with Crippen LogP contribution in [0.3, 0.4) is 0 Å². The lowest BCUT2D eigenvalue weighted by molar-refractivity contribution is -0.118. The molecule has 0 saturated heterocycles. The van der Waals surface area contributed by atoms with Crippen LogP contribution in [-0.2, 0) is 4.79 Å². The van der Waals surface area contributed by atoms with Crippen LogP contribution in [0, 0.1) is 0 Å². The minimum absolute atomic E-state index is 0.401. The predicted molar refractivity (Wildman–Crippen MR) is 60.2 cm³/mol. The van der Waals surface area contributed by atoms with Gasteiger partial charge in [0.25, 0.3) is 0 Å². The third-order valence-corrected chi connectivity index (χ3v) is 2.64. The molecular formula is C13H20O. The minimum Gasteiger partial charge on any atom is -0.300 e.